The smallest absolute Gasteiger partial charge is 0.0696 e. The minimum Gasteiger partial charge on any atom is -0.198 e. The van der Waals surface area contributed by atoms with Gasteiger partial charge < -0.3 is 0 Å². The zero-order valence-corrected chi connectivity index (χ0v) is 8.16. The fourth-order valence-electron chi connectivity index (χ4n) is 2.80. The van der Waals surface area contributed by atoms with Crippen LogP contribution in [0.15, 0.2) is 24.3 Å². The van der Waals surface area contributed by atoms with E-state index in [1.165, 1.54) is 24.0 Å². The van der Waals surface area contributed by atoms with Crippen molar-refractivity contribution in [3.63, 3.8) is 0 Å². The highest BCUT2D eigenvalue weighted by atomic mass is 14.6. The van der Waals surface area contributed by atoms with E-state index in [0.717, 1.165) is 12.8 Å². The highest BCUT2D eigenvalue weighted by molar-refractivity contribution is 5.40. The normalized spacial score (nSPS) is 26.6. The van der Waals surface area contributed by atoms with Gasteiger partial charge in [-0.25, -0.2) is 0 Å². The molecule has 0 amide bonds. The quantitative estimate of drug-likeness (QED) is 0.656. The van der Waals surface area contributed by atoms with Crippen LogP contribution < -0.4 is 0 Å². The maximum atomic E-state index is 9.19. The number of hydrogen-bond donors (Lipinski definition) is 0. The third-order valence-electron chi connectivity index (χ3n) is 3.81. The van der Waals surface area contributed by atoms with Crippen LogP contribution in [0.25, 0.3) is 0 Å². The number of benzene rings is 1. The molecule has 14 heavy (non-hydrogen) atoms. The van der Waals surface area contributed by atoms with Gasteiger partial charge in [0.25, 0.3) is 0 Å². The summed E-state index contributed by atoms with van der Waals surface area (Å²) in [5.74, 6) is 0.531. The minimum absolute atomic E-state index is 0.0204. The van der Waals surface area contributed by atoms with E-state index in [-0.39, 0.29) is 5.41 Å². The third kappa shape index (κ3) is 0.944. The Kier molecular flexibility index (Phi) is 1.50. The Morgan fingerprint density at radius 3 is 2.79 bits per heavy atom. The van der Waals surface area contributed by atoms with Gasteiger partial charge in [-0.1, -0.05) is 24.3 Å². The molecular weight excluding hydrogens is 170 g/mol. The molecule has 0 N–H and O–H groups in total. The van der Waals surface area contributed by atoms with Crippen molar-refractivity contribution in [2.45, 2.75) is 31.6 Å². The van der Waals surface area contributed by atoms with Gasteiger partial charge in [0.05, 0.1) is 11.5 Å². The van der Waals surface area contributed by atoms with Gasteiger partial charge in [-0.3, -0.25) is 0 Å². The molecule has 0 radical (unpaired) electrons. The van der Waals surface area contributed by atoms with Gasteiger partial charge in [-0.2, -0.15) is 5.26 Å². The molecule has 0 spiro atoms. The van der Waals surface area contributed by atoms with Gasteiger partial charge >= 0.3 is 0 Å². The van der Waals surface area contributed by atoms with Gasteiger partial charge in [0.1, 0.15) is 0 Å². The second kappa shape index (κ2) is 2.60. The minimum atomic E-state index is 0.0204. The summed E-state index contributed by atoms with van der Waals surface area (Å²) in [4.78, 5) is 0. The molecule has 1 atom stereocenters. The van der Waals surface area contributed by atoms with Crippen molar-refractivity contribution < 1.29 is 0 Å². The number of rotatable bonds is 1. The number of nitrogens with zero attached hydrogens (tertiary/aromatic N) is 1. The second-order valence-corrected chi connectivity index (χ2v) is 4.56. The summed E-state index contributed by atoms with van der Waals surface area (Å²) in [5, 5.41) is 9.19. The van der Waals surface area contributed by atoms with E-state index in [1.807, 2.05) is 0 Å². The lowest BCUT2D eigenvalue weighted by atomic mass is 9.85. The topological polar surface area (TPSA) is 23.8 Å². The molecule has 2 aliphatic carbocycles. The molecule has 0 saturated heterocycles. The lowest BCUT2D eigenvalue weighted by Gasteiger charge is -2.16. The number of nitriles is 1. The Hall–Kier alpha value is -1.29. The van der Waals surface area contributed by atoms with Crippen molar-refractivity contribution in [1.82, 2.24) is 0 Å². The summed E-state index contributed by atoms with van der Waals surface area (Å²) in [5.41, 5.74) is 2.94. The Labute approximate surface area is 84.4 Å². The van der Waals surface area contributed by atoms with E-state index in [2.05, 4.69) is 30.3 Å². The van der Waals surface area contributed by atoms with Crippen LogP contribution in [0.2, 0.25) is 0 Å². The molecule has 1 unspecified atom stereocenters. The molecule has 1 heteroatoms. The molecule has 1 aromatic carbocycles. The van der Waals surface area contributed by atoms with E-state index >= 15 is 0 Å². The van der Waals surface area contributed by atoms with Crippen molar-refractivity contribution in [3.05, 3.63) is 35.4 Å². The van der Waals surface area contributed by atoms with E-state index in [9.17, 15) is 5.26 Å². The van der Waals surface area contributed by atoms with Gasteiger partial charge in [0.15, 0.2) is 0 Å². The Balaban J connectivity index is 2.03. The van der Waals surface area contributed by atoms with Crippen LogP contribution in [0.5, 0.6) is 0 Å². The Morgan fingerprint density at radius 2 is 2.07 bits per heavy atom. The molecule has 1 aromatic rings. The first-order valence-corrected chi connectivity index (χ1v) is 5.35. The highest BCUT2D eigenvalue weighted by Crippen LogP contribution is 2.59. The standard InChI is InChI=1S/C13H13N/c14-9-13(7-8-13)12-6-5-10-3-1-2-4-11(10)12/h1-4,12H,5-8H2. The second-order valence-electron chi connectivity index (χ2n) is 4.56. The molecule has 0 aromatic heterocycles. The number of fused-ring (bicyclic) bond motifs is 1. The van der Waals surface area contributed by atoms with Gasteiger partial charge in [0, 0.05) is 5.92 Å². The highest BCUT2D eigenvalue weighted by Gasteiger charge is 2.51. The fraction of sp³-hybridized carbons (Fsp3) is 0.462. The summed E-state index contributed by atoms with van der Waals surface area (Å²) in [7, 11) is 0. The Morgan fingerprint density at radius 1 is 1.29 bits per heavy atom. The first kappa shape index (κ1) is 8.05. The molecule has 1 nitrogen and oxygen atoms in total. The van der Waals surface area contributed by atoms with Crippen LogP contribution in [-0.4, -0.2) is 0 Å². The average molecular weight is 183 g/mol. The summed E-state index contributed by atoms with van der Waals surface area (Å²) in [6.07, 6.45) is 4.59. The lowest BCUT2D eigenvalue weighted by molar-refractivity contribution is 0.499. The maximum absolute atomic E-state index is 9.19. The summed E-state index contributed by atoms with van der Waals surface area (Å²) < 4.78 is 0. The van der Waals surface area contributed by atoms with Gasteiger partial charge in [0.2, 0.25) is 0 Å². The van der Waals surface area contributed by atoms with Crippen LogP contribution in [-0.2, 0) is 6.42 Å². The Bertz CT molecular complexity index is 409. The van der Waals surface area contributed by atoms with Crippen molar-refractivity contribution in [1.29, 1.82) is 5.26 Å². The predicted molar refractivity (Wildman–Crippen MR) is 54.8 cm³/mol. The summed E-state index contributed by atoms with van der Waals surface area (Å²) in [6, 6.07) is 11.2. The van der Waals surface area contributed by atoms with Crippen LogP contribution in [0.1, 0.15) is 36.3 Å². The molecule has 70 valence electrons. The zero-order chi connectivity index (χ0) is 9.60. The van der Waals surface area contributed by atoms with Crippen LogP contribution in [0, 0.1) is 16.7 Å². The van der Waals surface area contributed by atoms with Crippen LogP contribution in [0.4, 0.5) is 0 Å². The molecule has 0 heterocycles. The SMILES string of the molecule is N#CC1(C2CCc3ccccc32)CC1. The van der Waals surface area contributed by atoms with Crippen molar-refractivity contribution in [2.75, 3.05) is 0 Å². The van der Waals surface area contributed by atoms with Crippen molar-refractivity contribution in [3.8, 4) is 6.07 Å². The summed E-state index contributed by atoms with van der Waals surface area (Å²) in [6.45, 7) is 0. The molecule has 1 fully saturated rings. The van der Waals surface area contributed by atoms with E-state index < -0.39 is 0 Å². The van der Waals surface area contributed by atoms with E-state index in [1.54, 1.807) is 0 Å². The first-order chi connectivity index (χ1) is 6.86. The van der Waals surface area contributed by atoms with Crippen LogP contribution in [0.3, 0.4) is 0 Å². The van der Waals surface area contributed by atoms with Gasteiger partial charge in [-0.05, 0) is 36.8 Å². The first-order valence-electron chi connectivity index (χ1n) is 5.35. The molecule has 2 aliphatic rings. The summed E-state index contributed by atoms with van der Waals surface area (Å²) >= 11 is 0. The molecular formula is C13H13N. The van der Waals surface area contributed by atoms with Crippen molar-refractivity contribution >= 4 is 0 Å². The predicted octanol–water partition coefficient (Wildman–Crippen LogP) is 3.02. The average Bonchev–Trinajstić information content (AvgIpc) is 2.91. The largest absolute Gasteiger partial charge is 0.198 e. The third-order valence-corrected chi connectivity index (χ3v) is 3.81. The maximum Gasteiger partial charge on any atom is 0.0696 e. The zero-order valence-electron chi connectivity index (χ0n) is 8.16. The van der Waals surface area contributed by atoms with Crippen molar-refractivity contribution in [2.24, 2.45) is 5.41 Å². The monoisotopic (exact) mass is 183 g/mol. The van der Waals surface area contributed by atoms with E-state index in [4.69, 9.17) is 0 Å². The lowest BCUT2D eigenvalue weighted by Crippen LogP contribution is -2.08. The molecule has 1 saturated carbocycles. The van der Waals surface area contributed by atoms with Gasteiger partial charge in [-0.15, -0.1) is 0 Å². The molecule has 0 bridgehead atoms. The molecule has 0 aliphatic heterocycles. The number of aryl methyl sites for hydroxylation is 1. The number of hydrogen-bond acceptors (Lipinski definition) is 1. The van der Waals surface area contributed by atoms with E-state index in [0.29, 0.717) is 5.92 Å². The fourth-order valence-corrected chi connectivity index (χ4v) is 2.80. The van der Waals surface area contributed by atoms with Crippen LogP contribution >= 0.6 is 0 Å². The molecule has 3 rings (SSSR count).